The van der Waals surface area contributed by atoms with Gasteiger partial charge in [0.05, 0.1) is 5.02 Å². The van der Waals surface area contributed by atoms with Crippen LogP contribution in [0, 0.1) is 5.82 Å². The van der Waals surface area contributed by atoms with Crippen LogP contribution in [0.3, 0.4) is 0 Å². The van der Waals surface area contributed by atoms with E-state index in [2.05, 4.69) is 20.5 Å². The van der Waals surface area contributed by atoms with Gasteiger partial charge in [0.25, 0.3) is 0 Å². The molecule has 0 bridgehead atoms. The second-order valence-electron chi connectivity index (χ2n) is 5.51. The number of H-pyrrole nitrogens is 1. The maximum Gasteiger partial charge on any atom is 0.217 e. The lowest BCUT2D eigenvalue weighted by molar-refractivity contribution is -0.119. The minimum Gasteiger partial charge on any atom is -0.342 e. The van der Waals surface area contributed by atoms with E-state index < -0.39 is 11.9 Å². The molecular weight excluding hydrogens is 402 g/mol. The molecule has 0 aliphatic rings. The van der Waals surface area contributed by atoms with Gasteiger partial charge in [0.1, 0.15) is 11.9 Å². The summed E-state index contributed by atoms with van der Waals surface area (Å²) in [6, 6.07) is 8.52. The van der Waals surface area contributed by atoms with Crippen molar-refractivity contribution in [1.82, 2.24) is 20.5 Å². The molecular formula is C17H12Cl3FN4O. The first kappa shape index (κ1) is 18.6. The van der Waals surface area contributed by atoms with E-state index in [1.54, 1.807) is 24.3 Å². The Morgan fingerprint density at radius 2 is 1.85 bits per heavy atom. The Kier molecular flexibility index (Phi) is 5.46. The topological polar surface area (TPSA) is 70.7 Å². The minimum atomic E-state index is -0.651. The number of rotatable bonds is 4. The molecule has 0 aliphatic heterocycles. The van der Waals surface area contributed by atoms with Crippen LogP contribution in [0.2, 0.25) is 15.1 Å². The van der Waals surface area contributed by atoms with Crippen molar-refractivity contribution in [2.45, 2.75) is 13.0 Å². The lowest BCUT2D eigenvalue weighted by Gasteiger charge is -2.16. The highest BCUT2D eigenvalue weighted by Crippen LogP contribution is 2.28. The summed E-state index contributed by atoms with van der Waals surface area (Å²) < 4.78 is 13.7. The first-order valence-electron chi connectivity index (χ1n) is 7.44. The van der Waals surface area contributed by atoms with Crippen molar-refractivity contribution in [2.75, 3.05) is 0 Å². The van der Waals surface area contributed by atoms with Crippen LogP contribution >= 0.6 is 34.8 Å². The molecule has 1 unspecified atom stereocenters. The van der Waals surface area contributed by atoms with Gasteiger partial charge in [-0.05, 0) is 42.0 Å². The maximum atomic E-state index is 13.7. The molecule has 1 amide bonds. The molecule has 26 heavy (non-hydrogen) atoms. The number of aromatic nitrogens is 3. The van der Waals surface area contributed by atoms with Crippen molar-refractivity contribution in [3.63, 3.8) is 0 Å². The fourth-order valence-corrected chi connectivity index (χ4v) is 3.08. The van der Waals surface area contributed by atoms with Gasteiger partial charge < -0.3 is 5.32 Å². The Balaban J connectivity index is 2.01. The molecule has 3 aromatic rings. The lowest BCUT2D eigenvalue weighted by atomic mass is 10.1. The zero-order valence-electron chi connectivity index (χ0n) is 13.4. The predicted molar refractivity (Wildman–Crippen MR) is 98.9 cm³/mol. The molecule has 0 spiro atoms. The molecule has 5 nitrogen and oxygen atoms in total. The van der Waals surface area contributed by atoms with E-state index in [1.165, 1.54) is 19.1 Å². The lowest BCUT2D eigenvalue weighted by Crippen LogP contribution is -2.27. The molecule has 1 heterocycles. The molecule has 0 radical (unpaired) electrons. The van der Waals surface area contributed by atoms with Crippen molar-refractivity contribution >= 4 is 40.7 Å². The van der Waals surface area contributed by atoms with Crippen LogP contribution in [-0.4, -0.2) is 21.1 Å². The Morgan fingerprint density at radius 3 is 2.46 bits per heavy atom. The van der Waals surface area contributed by atoms with Gasteiger partial charge in [0, 0.05) is 22.5 Å². The number of carbonyl (C=O) groups is 1. The Labute approximate surface area is 163 Å². The first-order valence-corrected chi connectivity index (χ1v) is 8.57. The number of nitrogens with one attached hydrogen (secondary N) is 2. The molecule has 9 heteroatoms. The summed E-state index contributed by atoms with van der Waals surface area (Å²) in [4.78, 5) is 16.0. The Bertz CT molecular complexity index is 956. The van der Waals surface area contributed by atoms with E-state index in [0.29, 0.717) is 27.0 Å². The van der Waals surface area contributed by atoms with Gasteiger partial charge in [-0.1, -0.05) is 34.8 Å². The average Bonchev–Trinajstić information content (AvgIpc) is 3.03. The second-order valence-corrected chi connectivity index (χ2v) is 6.79. The van der Waals surface area contributed by atoms with Crippen LogP contribution in [0.4, 0.5) is 4.39 Å². The van der Waals surface area contributed by atoms with Gasteiger partial charge in [0.2, 0.25) is 5.91 Å². The molecule has 2 aromatic carbocycles. The molecule has 134 valence electrons. The number of benzene rings is 2. The Hall–Kier alpha value is -2.15. The van der Waals surface area contributed by atoms with Crippen LogP contribution in [0.15, 0.2) is 36.4 Å². The Morgan fingerprint density at radius 1 is 1.15 bits per heavy atom. The van der Waals surface area contributed by atoms with Gasteiger partial charge in [-0.2, -0.15) is 5.10 Å². The van der Waals surface area contributed by atoms with Crippen LogP contribution in [-0.2, 0) is 4.79 Å². The van der Waals surface area contributed by atoms with Gasteiger partial charge in [-0.25, -0.2) is 9.37 Å². The van der Waals surface area contributed by atoms with E-state index in [1.807, 2.05) is 0 Å². The maximum absolute atomic E-state index is 13.7. The summed E-state index contributed by atoms with van der Waals surface area (Å²) in [6.45, 7) is 1.38. The van der Waals surface area contributed by atoms with Crippen LogP contribution in [0.1, 0.15) is 24.4 Å². The summed E-state index contributed by atoms with van der Waals surface area (Å²) in [6.07, 6.45) is 0. The standard InChI is InChI=1S/C17H12Cl3FN4O/c1-8(26)22-15(10-4-11(18)7-12(19)5-10)17-23-16(24-25-17)9-2-3-13(20)14(21)6-9/h2-7,15H,1H3,(H,22,26)(H,23,24,25). The summed E-state index contributed by atoms with van der Waals surface area (Å²) in [7, 11) is 0. The van der Waals surface area contributed by atoms with Crippen molar-refractivity contribution in [2.24, 2.45) is 0 Å². The molecule has 1 atom stereocenters. The fourth-order valence-electron chi connectivity index (χ4n) is 2.42. The number of nitrogens with zero attached hydrogens (tertiary/aromatic N) is 2. The monoisotopic (exact) mass is 412 g/mol. The SMILES string of the molecule is CC(=O)NC(c1cc(Cl)cc(Cl)c1)c1nc(-c2ccc(Cl)c(F)c2)n[nH]1. The van der Waals surface area contributed by atoms with Crippen LogP contribution in [0.25, 0.3) is 11.4 Å². The van der Waals surface area contributed by atoms with E-state index in [0.717, 1.165) is 0 Å². The molecule has 1 aromatic heterocycles. The third-order valence-corrected chi connectivity index (χ3v) is 4.26. The fraction of sp³-hybridized carbons (Fsp3) is 0.118. The highest BCUT2D eigenvalue weighted by molar-refractivity contribution is 6.34. The van der Waals surface area contributed by atoms with Crippen molar-refractivity contribution in [3.05, 3.63) is 68.7 Å². The van der Waals surface area contributed by atoms with Crippen molar-refractivity contribution < 1.29 is 9.18 Å². The van der Waals surface area contributed by atoms with Crippen LogP contribution < -0.4 is 5.32 Å². The largest absolute Gasteiger partial charge is 0.342 e. The van der Waals surface area contributed by atoms with Gasteiger partial charge in [-0.15, -0.1) is 0 Å². The number of halogens is 4. The number of amides is 1. The molecule has 0 fully saturated rings. The second kappa shape index (κ2) is 7.61. The van der Waals surface area contributed by atoms with E-state index >= 15 is 0 Å². The highest BCUT2D eigenvalue weighted by Gasteiger charge is 2.21. The highest BCUT2D eigenvalue weighted by atomic mass is 35.5. The number of hydrogen-bond donors (Lipinski definition) is 2. The number of aromatic amines is 1. The number of hydrogen-bond acceptors (Lipinski definition) is 3. The van der Waals surface area contributed by atoms with Gasteiger partial charge in [-0.3, -0.25) is 9.89 Å². The smallest absolute Gasteiger partial charge is 0.217 e. The first-order chi connectivity index (χ1) is 12.3. The molecule has 3 rings (SSSR count). The quantitative estimate of drug-likeness (QED) is 0.645. The number of carbonyl (C=O) groups excluding carboxylic acids is 1. The zero-order valence-corrected chi connectivity index (χ0v) is 15.6. The van der Waals surface area contributed by atoms with Gasteiger partial charge in [0.15, 0.2) is 11.6 Å². The normalized spacial score (nSPS) is 12.0. The predicted octanol–water partition coefficient (Wildman–Crippen LogP) is 4.80. The van der Waals surface area contributed by atoms with E-state index in [9.17, 15) is 9.18 Å². The molecule has 0 saturated heterocycles. The summed E-state index contributed by atoms with van der Waals surface area (Å²) in [5.74, 6) is -0.236. The molecule has 2 N–H and O–H groups in total. The van der Waals surface area contributed by atoms with E-state index in [-0.39, 0.29) is 16.8 Å². The third-order valence-electron chi connectivity index (χ3n) is 3.52. The van der Waals surface area contributed by atoms with Gasteiger partial charge >= 0.3 is 0 Å². The minimum absolute atomic E-state index is 0.00852. The summed E-state index contributed by atoms with van der Waals surface area (Å²) in [5.41, 5.74) is 1.07. The van der Waals surface area contributed by atoms with Crippen molar-refractivity contribution in [3.8, 4) is 11.4 Å². The molecule has 0 aliphatic carbocycles. The summed E-state index contributed by atoms with van der Waals surface area (Å²) in [5, 5.41) is 10.5. The zero-order chi connectivity index (χ0) is 18.8. The van der Waals surface area contributed by atoms with E-state index in [4.69, 9.17) is 34.8 Å². The van der Waals surface area contributed by atoms with Crippen LogP contribution in [0.5, 0.6) is 0 Å². The summed E-state index contributed by atoms with van der Waals surface area (Å²) >= 11 is 17.8. The third kappa shape index (κ3) is 4.15. The van der Waals surface area contributed by atoms with Crippen molar-refractivity contribution in [1.29, 1.82) is 0 Å². The average molecular weight is 414 g/mol. The molecule has 0 saturated carbocycles.